The average molecular weight is 287 g/mol. The highest BCUT2D eigenvalue weighted by Crippen LogP contribution is 2.26. The lowest BCUT2D eigenvalue weighted by atomic mass is 10.2. The Hall–Kier alpha value is -2.47. The Labute approximate surface area is 121 Å². The lowest BCUT2D eigenvalue weighted by molar-refractivity contribution is 0.102. The van der Waals surface area contributed by atoms with E-state index < -0.39 is 0 Å². The number of hydrogen-bond acceptors (Lipinski definition) is 4. The Bertz CT molecular complexity index is 644. The highest BCUT2D eigenvalue weighted by molar-refractivity contribution is 7.80. The summed E-state index contributed by atoms with van der Waals surface area (Å²) in [5, 5.41) is 2.73. The number of amides is 1. The van der Waals surface area contributed by atoms with Crippen LogP contribution in [0, 0.1) is 0 Å². The quantitative estimate of drug-likeness (QED) is 0.841. The second kappa shape index (κ2) is 6.12. The summed E-state index contributed by atoms with van der Waals surface area (Å²) in [6, 6.07) is 10.2. The Kier molecular flexibility index (Phi) is 4.27. The molecule has 0 radical (unpaired) electrons. The zero-order valence-corrected chi connectivity index (χ0v) is 11.6. The Morgan fingerprint density at radius 3 is 2.75 bits per heavy atom. The molecule has 6 heteroatoms. The number of nitrogens with zero attached hydrogens (tertiary/aromatic N) is 1. The Balaban J connectivity index is 2.25. The van der Waals surface area contributed by atoms with Crippen LogP contribution in [-0.2, 0) is 0 Å². The lowest BCUT2D eigenvalue weighted by Gasteiger charge is -2.11. The second-order valence-corrected chi connectivity index (χ2v) is 4.39. The number of methoxy groups -OCH3 is 1. The van der Waals surface area contributed by atoms with E-state index in [1.165, 1.54) is 7.11 Å². The van der Waals surface area contributed by atoms with E-state index in [0.717, 1.165) is 0 Å². The van der Waals surface area contributed by atoms with Crippen molar-refractivity contribution in [3.8, 4) is 5.75 Å². The second-order valence-electron chi connectivity index (χ2n) is 3.95. The summed E-state index contributed by atoms with van der Waals surface area (Å²) in [5.41, 5.74) is 7.09. The van der Waals surface area contributed by atoms with Gasteiger partial charge in [0.15, 0.2) is 0 Å². The number of rotatable bonds is 4. The molecule has 0 unspecified atom stereocenters. The van der Waals surface area contributed by atoms with E-state index in [1.807, 2.05) is 0 Å². The molecule has 3 N–H and O–H groups in total. The van der Waals surface area contributed by atoms with Gasteiger partial charge in [0.2, 0.25) is 0 Å². The van der Waals surface area contributed by atoms with Crippen molar-refractivity contribution in [2.45, 2.75) is 0 Å². The van der Waals surface area contributed by atoms with Gasteiger partial charge in [0.1, 0.15) is 16.4 Å². The molecular weight excluding hydrogens is 274 g/mol. The SMILES string of the molecule is COc1cc(C(N)=S)ccc1NC(=O)c1ccccn1. The topological polar surface area (TPSA) is 77.2 Å². The standard InChI is InChI=1S/C14H13N3O2S/c1-19-12-8-9(13(15)20)5-6-10(12)17-14(18)11-4-2-3-7-16-11/h2-8H,1H3,(H2,15,20)(H,17,18). The summed E-state index contributed by atoms with van der Waals surface area (Å²) in [6.07, 6.45) is 1.56. The van der Waals surface area contributed by atoms with Crippen molar-refractivity contribution in [2.24, 2.45) is 5.73 Å². The monoisotopic (exact) mass is 287 g/mol. The van der Waals surface area contributed by atoms with Crippen LogP contribution in [0.15, 0.2) is 42.6 Å². The van der Waals surface area contributed by atoms with Gasteiger partial charge in [0.05, 0.1) is 12.8 Å². The van der Waals surface area contributed by atoms with Crippen LogP contribution in [-0.4, -0.2) is 23.0 Å². The lowest BCUT2D eigenvalue weighted by Crippen LogP contribution is -2.15. The van der Waals surface area contributed by atoms with E-state index in [4.69, 9.17) is 22.7 Å². The van der Waals surface area contributed by atoms with Gasteiger partial charge in [-0.3, -0.25) is 9.78 Å². The van der Waals surface area contributed by atoms with E-state index in [1.54, 1.807) is 42.6 Å². The van der Waals surface area contributed by atoms with Gasteiger partial charge in [0, 0.05) is 11.8 Å². The van der Waals surface area contributed by atoms with Gasteiger partial charge in [-0.1, -0.05) is 18.3 Å². The van der Waals surface area contributed by atoms with E-state index in [0.29, 0.717) is 22.7 Å². The molecule has 5 nitrogen and oxygen atoms in total. The number of benzene rings is 1. The summed E-state index contributed by atoms with van der Waals surface area (Å²) in [5.74, 6) is 0.173. The summed E-state index contributed by atoms with van der Waals surface area (Å²) in [7, 11) is 1.51. The fraction of sp³-hybridized carbons (Fsp3) is 0.0714. The van der Waals surface area contributed by atoms with Gasteiger partial charge in [-0.25, -0.2) is 0 Å². The third-order valence-electron chi connectivity index (χ3n) is 2.63. The molecule has 0 fully saturated rings. The normalized spacial score (nSPS) is 9.85. The molecule has 0 saturated heterocycles. The van der Waals surface area contributed by atoms with Crippen molar-refractivity contribution in [2.75, 3.05) is 12.4 Å². The number of carbonyl (C=O) groups excluding carboxylic acids is 1. The first-order valence-corrected chi connectivity index (χ1v) is 6.23. The van der Waals surface area contributed by atoms with Crippen LogP contribution < -0.4 is 15.8 Å². The van der Waals surface area contributed by atoms with Crippen molar-refractivity contribution < 1.29 is 9.53 Å². The van der Waals surface area contributed by atoms with E-state index in [-0.39, 0.29) is 10.9 Å². The molecule has 1 aromatic carbocycles. The predicted octanol–water partition coefficient (Wildman–Crippen LogP) is 1.98. The fourth-order valence-corrected chi connectivity index (χ4v) is 1.76. The number of hydrogen-bond donors (Lipinski definition) is 2. The van der Waals surface area contributed by atoms with Crippen LogP contribution in [0.2, 0.25) is 0 Å². The molecule has 0 aliphatic carbocycles. The Morgan fingerprint density at radius 2 is 2.15 bits per heavy atom. The maximum atomic E-state index is 12.0. The summed E-state index contributed by atoms with van der Waals surface area (Å²) < 4.78 is 5.22. The molecule has 2 aromatic rings. The smallest absolute Gasteiger partial charge is 0.274 e. The number of nitrogens with two attached hydrogens (primary N) is 1. The van der Waals surface area contributed by atoms with Crippen molar-refractivity contribution in [1.29, 1.82) is 0 Å². The maximum Gasteiger partial charge on any atom is 0.274 e. The number of ether oxygens (including phenoxy) is 1. The third kappa shape index (κ3) is 3.10. The highest BCUT2D eigenvalue weighted by Gasteiger charge is 2.11. The first-order valence-electron chi connectivity index (χ1n) is 5.82. The van der Waals surface area contributed by atoms with Gasteiger partial charge >= 0.3 is 0 Å². The molecule has 1 aromatic heterocycles. The molecule has 0 saturated carbocycles. The summed E-state index contributed by atoms with van der Waals surface area (Å²) in [4.78, 5) is 16.3. The van der Waals surface area contributed by atoms with Crippen LogP contribution in [0.5, 0.6) is 5.75 Å². The molecule has 20 heavy (non-hydrogen) atoms. The first-order chi connectivity index (χ1) is 9.61. The first kappa shape index (κ1) is 14.0. The van der Waals surface area contributed by atoms with Gasteiger partial charge < -0.3 is 15.8 Å². The van der Waals surface area contributed by atoms with Crippen LogP contribution in [0.25, 0.3) is 0 Å². The van der Waals surface area contributed by atoms with Crippen LogP contribution >= 0.6 is 12.2 Å². The molecule has 0 aliphatic heterocycles. The van der Waals surface area contributed by atoms with Crippen molar-refractivity contribution in [3.05, 3.63) is 53.9 Å². The van der Waals surface area contributed by atoms with Crippen LogP contribution in [0.1, 0.15) is 16.1 Å². The number of pyridine rings is 1. The van der Waals surface area contributed by atoms with Crippen molar-refractivity contribution in [1.82, 2.24) is 4.98 Å². The predicted molar refractivity (Wildman–Crippen MR) is 81.1 cm³/mol. The van der Waals surface area contributed by atoms with Crippen LogP contribution in [0.4, 0.5) is 5.69 Å². The van der Waals surface area contributed by atoms with E-state index >= 15 is 0 Å². The molecule has 0 aliphatic rings. The molecule has 0 atom stereocenters. The zero-order chi connectivity index (χ0) is 14.5. The summed E-state index contributed by atoms with van der Waals surface area (Å²) in [6.45, 7) is 0. The zero-order valence-electron chi connectivity index (χ0n) is 10.8. The molecule has 2 rings (SSSR count). The van der Waals surface area contributed by atoms with Crippen molar-refractivity contribution >= 4 is 28.8 Å². The number of aromatic nitrogens is 1. The molecule has 1 heterocycles. The maximum absolute atomic E-state index is 12.0. The Morgan fingerprint density at radius 1 is 1.35 bits per heavy atom. The molecule has 0 bridgehead atoms. The summed E-state index contributed by atoms with van der Waals surface area (Å²) >= 11 is 4.90. The van der Waals surface area contributed by atoms with E-state index in [9.17, 15) is 4.79 Å². The number of anilines is 1. The minimum Gasteiger partial charge on any atom is -0.495 e. The minimum atomic E-state index is -0.313. The fourth-order valence-electron chi connectivity index (χ4n) is 1.63. The van der Waals surface area contributed by atoms with Gasteiger partial charge in [-0.2, -0.15) is 0 Å². The molecule has 1 amide bonds. The highest BCUT2D eigenvalue weighted by atomic mass is 32.1. The van der Waals surface area contributed by atoms with E-state index in [2.05, 4.69) is 10.3 Å². The molecule has 0 spiro atoms. The van der Waals surface area contributed by atoms with Crippen molar-refractivity contribution in [3.63, 3.8) is 0 Å². The largest absolute Gasteiger partial charge is 0.495 e. The van der Waals surface area contributed by atoms with Gasteiger partial charge in [-0.15, -0.1) is 0 Å². The number of carbonyl (C=O) groups is 1. The van der Waals surface area contributed by atoms with Gasteiger partial charge in [-0.05, 0) is 30.3 Å². The minimum absolute atomic E-state index is 0.269. The average Bonchev–Trinajstić information content (AvgIpc) is 2.48. The number of nitrogens with one attached hydrogen (secondary N) is 1. The molecule has 102 valence electrons. The third-order valence-corrected chi connectivity index (χ3v) is 2.87. The van der Waals surface area contributed by atoms with Gasteiger partial charge in [0.25, 0.3) is 5.91 Å². The number of thiocarbonyl (C=S) groups is 1. The van der Waals surface area contributed by atoms with Crippen LogP contribution in [0.3, 0.4) is 0 Å². The molecular formula is C14H13N3O2S.